The standard InChI is InChI=1S/C23H23ClN2O3S2/c1-17-10-12-20(13-11-17)31(28,29)26(15-18-6-5-7-19(24)14-18)16-23(27)25-21-8-3-4-9-22(21)30-2/h3-14H,15-16H2,1-2H3,(H,25,27). The molecule has 0 spiro atoms. The molecule has 31 heavy (non-hydrogen) atoms. The number of carbonyl (C=O) groups excluding carboxylic acids is 1. The molecule has 0 aliphatic rings. The van der Waals surface area contributed by atoms with E-state index in [-0.39, 0.29) is 18.0 Å². The highest BCUT2D eigenvalue weighted by atomic mass is 35.5. The first-order valence-corrected chi connectivity index (χ1v) is 12.6. The number of sulfonamides is 1. The van der Waals surface area contributed by atoms with Crippen molar-refractivity contribution < 1.29 is 13.2 Å². The number of amides is 1. The van der Waals surface area contributed by atoms with Gasteiger partial charge in [-0.05, 0) is 55.1 Å². The van der Waals surface area contributed by atoms with Gasteiger partial charge < -0.3 is 5.32 Å². The van der Waals surface area contributed by atoms with Crippen molar-refractivity contribution in [2.45, 2.75) is 23.3 Å². The molecule has 3 aromatic rings. The number of thioether (sulfide) groups is 1. The van der Waals surface area contributed by atoms with E-state index in [1.165, 1.54) is 16.1 Å². The van der Waals surface area contributed by atoms with Crippen molar-refractivity contribution in [3.05, 3.63) is 88.9 Å². The number of benzene rings is 3. The van der Waals surface area contributed by atoms with Gasteiger partial charge >= 0.3 is 0 Å². The van der Waals surface area contributed by atoms with Crippen molar-refractivity contribution in [1.29, 1.82) is 0 Å². The Balaban J connectivity index is 1.89. The summed E-state index contributed by atoms with van der Waals surface area (Å²) in [4.78, 5) is 13.9. The van der Waals surface area contributed by atoms with Crippen LogP contribution in [0.4, 0.5) is 5.69 Å². The van der Waals surface area contributed by atoms with Gasteiger partial charge in [-0.1, -0.05) is 53.6 Å². The van der Waals surface area contributed by atoms with Gasteiger partial charge in [0.1, 0.15) is 0 Å². The van der Waals surface area contributed by atoms with Crippen LogP contribution in [0, 0.1) is 6.92 Å². The molecule has 0 atom stereocenters. The van der Waals surface area contributed by atoms with E-state index in [9.17, 15) is 13.2 Å². The van der Waals surface area contributed by atoms with Crippen LogP contribution < -0.4 is 5.32 Å². The summed E-state index contributed by atoms with van der Waals surface area (Å²) >= 11 is 7.58. The average molecular weight is 475 g/mol. The highest BCUT2D eigenvalue weighted by Gasteiger charge is 2.27. The van der Waals surface area contributed by atoms with Crippen LogP contribution in [0.3, 0.4) is 0 Å². The number of hydrogen-bond acceptors (Lipinski definition) is 4. The van der Waals surface area contributed by atoms with Gasteiger partial charge in [0, 0.05) is 16.5 Å². The summed E-state index contributed by atoms with van der Waals surface area (Å²) in [6, 6.07) is 20.9. The number of aryl methyl sites for hydroxylation is 1. The predicted molar refractivity (Wildman–Crippen MR) is 127 cm³/mol. The molecule has 0 unspecified atom stereocenters. The normalized spacial score (nSPS) is 11.5. The first kappa shape index (κ1) is 23.3. The topological polar surface area (TPSA) is 66.5 Å². The first-order valence-electron chi connectivity index (χ1n) is 9.54. The molecule has 0 aliphatic carbocycles. The van der Waals surface area contributed by atoms with E-state index in [1.54, 1.807) is 54.6 Å². The Bertz CT molecular complexity index is 1170. The molecule has 162 valence electrons. The predicted octanol–water partition coefficient (Wildman–Crippen LogP) is 5.20. The molecule has 0 heterocycles. The van der Waals surface area contributed by atoms with Crippen LogP contribution in [-0.4, -0.2) is 31.4 Å². The van der Waals surface area contributed by atoms with Gasteiger partial charge in [0.05, 0.1) is 17.1 Å². The van der Waals surface area contributed by atoms with E-state index in [2.05, 4.69) is 5.32 Å². The number of anilines is 1. The molecule has 0 bridgehead atoms. The zero-order valence-electron chi connectivity index (χ0n) is 17.2. The molecule has 1 amide bonds. The van der Waals surface area contributed by atoms with Crippen molar-refractivity contribution in [1.82, 2.24) is 4.31 Å². The molecule has 0 radical (unpaired) electrons. The van der Waals surface area contributed by atoms with E-state index < -0.39 is 15.9 Å². The Morgan fingerprint density at radius 3 is 2.42 bits per heavy atom. The largest absolute Gasteiger partial charge is 0.324 e. The van der Waals surface area contributed by atoms with Gasteiger partial charge in [-0.3, -0.25) is 4.79 Å². The fourth-order valence-corrected chi connectivity index (χ4v) is 5.17. The van der Waals surface area contributed by atoms with E-state index in [1.807, 2.05) is 31.4 Å². The van der Waals surface area contributed by atoms with E-state index >= 15 is 0 Å². The number of carbonyl (C=O) groups is 1. The SMILES string of the molecule is CSc1ccccc1NC(=O)CN(Cc1cccc(Cl)c1)S(=O)(=O)c1ccc(C)cc1. The molecule has 1 N–H and O–H groups in total. The van der Waals surface area contributed by atoms with Crippen LogP contribution >= 0.6 is 23.4 Å². The van der Waals surface area contributed by atoms with Crippen LogP contribution in [0.2, 0.25) is 5.02 Å². The third-order valence-corrected chi connectivity index (χ3v) is 7.44. The quantitative estimate of drug-likeness (QED) is 0.455. The summed E-state index contributed by atoms with van der Waals surface area (Å²) in [6.45, 7) is 1.58. The number of para-hydroxylation sites is 1. The Kier molecular flexibility index (Phi) is 7.78. The van der Waals surface area contributed by atoms with Crippen molar-refractivity contribution in [2.75, 3.05) is 18.1 Å². The van der Waals surface area contributed by atoms with Gasteiger partial charge in [-0.15, -0.1) is 11.8 Å². The monoisotopic (exact) mass is 474 g/mol. The highest BCUT2D eigenvalue weighted by molar-refractivity contribution is 7.98. The van der Waals surface area contributed by atoms with Crippen LogP contribution in [0.5, 0.6) is 0 Å². The fraction of sp³-hybridized carbons (Fsp3) is 0.174. The Hall–Kier alpha value is -2.32. The van der Waals surface area contributed by atoms with Crippen LogP contribution in [0.15, 0.2) is 82.6 Å². The lowest BCUT2D eigenvalue weighted by molar-refractivity contribution is -0.116. The Labute approximate surface area is 192 Å². The second-order valence-electron chi connectivity index (χ2n) is 6.96. The third kappa shape index (κ3) is 6.11. The molecule has 8 heteroatoms. The van der Waals surface area contributed by atoms with Crippen molar-refractivity contribution >= 4 is 45.0 Å². The third-order valence-electron chi connectivity index (χ3n) is 4.61. The minimum absolute atomic E-state index is 0.0222. The second kappa shape index (κ2) is 10.3. The minimum atomic E-state index is -3.91. The van der Waals surface area contributed by atoms with Gasteiger partial charge in [-0.2, -0.15) is 4.31 Å². The number of rotatable bonds is 8. The zero-order valence-corrected chi connectivity index (χ0v) is 19.6. The molecule has 0 fully saturated rings. The molecule has 0 aromatic heterocycles. The van der Waals surface area contributed by atoms with Gasteiger partial charge in [-0.25, -0.2) is 8.42 Å². The lowest BCUT2D eigenvalue weighted by Gasteiger charge is -2.22. The highest BCUT2D eigenvalue weighted by Crippen LogP contribution is 2.25. The molecular formula is C23H23ClN2O3S2. The lowest BCUT2D eigenvalue weighted by atomic mass is 10.2. The summed E-state index contributed by atoms with van der Waals surface area (Å²) in [5.41, 5.74) is 2.29. The molecule has 3 aromatic carbocycles. The van der Waals surface area contributed by atoms with Crippen molar-refractivity contribution in [3.8, 4) is 0 Å². The van der Waals surface area contributed by atoms with E-state index in [0.29, 0.717) is 16.3 Å². The number of nitrogens with zero attached hydrogens (tertiary/aromatic N) is 1. The number of hydrogen-bond donors (Lipinski definition) is 1. The van der Waals surface area contributed by atoms with Crippen LogP contribution in [0.25, 0.3) is 0 Å². The van der Waals surface area contributed by atoms with E-state index in [4.69, 9.17) is 11.6 Å². The summed E-state index contributed by atoms with van der Waals surface area (Å²) < 4.78 is 27.9. The van der Waals surface area contributed by atoms with Crippen molar-refractivity contribution in [3.63, 3.8) is 0 Å². The Morgan fingerprint density at radius 1 is 1.03 bits per heavy atom. The Morgan fingerprint density at radius 2 is 1.74 bits per heavy atom. The van der Waals surface area contributed by atoms with E-state index in [0.717, 1.165) is 10.5 Å². The summed E-state index contributed by atoms with van der Waals surface area (Å²) in [7, 11) is -3.91. The summed E-state index contributed by atoms with van der Waals surface area (Å²) in [5, 5.41) is 3.33. The van der Waals surface area contributed by atoms with Crippen LogP contribution in [0.1, 0.15) is 11.1 Å². The molecule has 0 aliphatic heterocycles. The zero-order chi connectivity index (χ0) is 22.4. The second-order valence-corrected chi connectivity index (χ2v) is 10.2. The molecule has 0 saturated heterocycles. The maximum atomic E-state index is 13.4. The molecule has 3 rings (SSSR count). The van der Waals surface area contributed by atoms with Crippen LogP contribution in [-0.2, 0) is 21.4 Å². The van der Waals surface area contributed by atoms with Crippen molar-refractivity contribution in [2.24, 2.45) is 0 Å². The number of halogens is 1. The number of nitrogens with one attached hydrogen (secondary N) is 1. The van der Waals surface area contributed by atoms with Gasteiger partial charge in [0.25, 0.3) is 0 Å². The first-order chi connectivity index (χ1) is 14.8. The fourth-order valence-electron chi connectivity index (χ4n) is 3.02. The summed E-state index contributed by atoms with van der Waals surface area (Å²) in [6.07, 6.45) is 1.91. The molecular weight excluding hydrogens is 452 g/mol. The van der Waals surface area contributed by atoms with Gasteiger partial charge in [0.15, 0.2) is 0 Å². The average Bonchev–Trinajstić information content (AvgIpc) is 2.74. The maximum absolute atomic E-state index is 13.4. The lowest BCUT2D eigenvalue weighted by Crippen LogP contribution is -2.37. The molecule has 5 nitrogen and oxygen atoms in total. The minimum Gasteiger partial charge on any atom is -0.324 e. The smallest absolute Gasteiger partial charge is 0.243 e. The maximum Gasteiger partial charge on any atom is 0.243 e. The van der Waals surface area contributed by atoms with Gasteiger partial charge in [0.2, 0.25) is 15.9 Å². The molecule has 0 saturated carbocycles. The summed E-state index contributed by atoms with van der Waals surface area (Å²) in [5.74, 6) is -0.417.